The third-order valence-electron chi connectivity index (χ3n) is 8.46. The van der Waals surface area contributed by atoms with E-state index in [0.717, 1.165) is 32.1 Å². The van der Waals surface area contributed by atoms with Crippen LogP contribution in [0.5, 0.6) is 0 Å². The molecule has 8 heteroatoms. The van der Waals surface area contributed by atoms with Crippen molar-refractivity contribution in [1.29, 1.82) is 0 Å². The summed E-state index contributed by atoms with van der Waals surface area (Å²) in [5.41, 5.74) is 5.39. The minimum atomic E-state index is -0.691. The van der Waals surface area contributed by atoms with Gasteiger partial charge in [0.2, 0.25) is 5.91 Å². The third-order valence-corrected chi connectivity index (χ3v) is 8.46. The van der Waals surface area contributed by atoms with Gasteiger partial charge < -0.3 is 15.8 Å². The van der Waals surface area contributed by atoms with Gasteiger partial charge in [-0.1, -0.05) is 6.07 Å². The normalized spacial score (nSPS) is 37.3. The predicted octanol–water partition coefficient (Wildman–Crippen LogP) is 2.52. The number of hydrogen-bond acceptors (Lipinski definition) is 4. The van der Waals surface area contributed by atoms with Crippen LogP contribution in [0.25, 0.3) is 0 Å². The molecule has 3 N–H and O–H groups in total. The summed E-state index contributed by atoms with van der Waals surface area (Å²) in [4.78, 5) is 27.2. The van der Waals surface area contributed by atoms with Crippen molar-refractivity contribution in [3.05, 3.63) is 35.4 Å². The molecule has 4 atom stereocenters. The van der Waals surface area contributed by atoms with E-state index in [2.05, 4.69) is 5.32 Å². The van der Waals surface area contributed by atoms with Crippen LogP contribution >= 0.6 is 0 Å². The molecule has 1 aromatic rings. The fraction of sp³-hybridized carbons (Fsp3) is 0.667. The van der Waals surface area contributed by atoms with Crippen LogP contribution in [0.15, 0.2) is 18.2 Å². The van der Waals surface area contributed by atoms with Gasteiger partial charge in [-0.15, -0.1) is 0 Å². The van der Waals surface area contributed by atoms with E-state index >= 15 is 0 Å². The average molecular weight is 448 g/mol. The zero-order chi connectivity index (χ0) is 22.6. The molecule has 5 fully saturated rings. The van der Waals surface area contributed by atoms with Crippen LogP contribution in [0.1, 0.15) is 50.6 Å². The first kappa shape index (κ1) is 21.8. The molecular formula is C24H31F2N3O3. The monoisotopic (exact) mass is 447 g/mol. The van der Waals surface area contributed by atoms with Gasteiger partial charge in [-0.2, -0.15) is 0 Å². The summed E-state index contributed by atoms with van der Waals surface area (Å²) >= 11 is 0. The second-order valence-electron chi connectivity index (χ2n) is 10.3. The largest absolute Gasteiger partial charge is 0.369 e. The number of primary amides is 1. The van der Waals surface area contributed by atoms with Crippen LogP contribution in [0, 0.1) is 34.8 Å². The van der Waals surface area contributed by atoms with Crippen LogP contribution in [0.2, 0.25) is 0 Å². The first-order valence-electron chi connectivity index (χ1n) is 11.7. The molecule has 0 spiro atoms. The van der Waals surface area contributed by atoms with Gasteiger partial charge in [0, 0.05) is 36.2 Å². The number of benzene rings is 1. The summed E-state index contributed by atoms with van der Waals surface area (Å²) in [5.74, 6) is -0.480. The highest BCUT2D eigenvalue weighted by atomic mass is 19.1. The van der Waals surface area contributed by atoms with Gasteiger partial charge in [0.15, 0.2) is 0 Å². The van der Waals surface area contributed by atoms with Crippen LogP contribution < -0.4 is 11.1 Å². The highest BCUT2D eigenvalue weighted by Gasteiger charge is 2.58. The minimum Gasteiger partial charge on any atom is -0.369 e. The molecular weight excluding hydrogens is 416 g/mol. The Kier molecular flexibility index (Phi) is 5.48. The van der Waals surface area contributed by atoms with Crippen LogP contribution in [-0.2, 0) is 14.3 Å². The Morgan fingerprint density at radius 1 is 1.19 bits per heavy atom. The van der Waals surface area contributed by atoms with Crippen molar-refractivity contribution in [2.45, 2.75) is 57.2 Å². The van der Waals surface area contributed by atoms with Crippen LogP contribution in [-0.4, -0.2) is 48.6 Å². The fourth-order valence-electron chi connectivity index (χ4n) is 7.09. The second kappa shape index (κ2) is 8.06. The lowest BCUT2D eigenvalue weighted by Gasteiger charge is -2.59. The number of rotatable bonds is 5. The van der Waals surface area contributed by atoms with E-state index in [1.54, 1.807) is 6.92 Å². The highest BCUT2D eigenvalue weighted by molar-refractivity contribution is 5.83. The molecule has 4 bridgehead atoms. The Balaban J connectivity index is 1.25. The summed E-state index contributed by atoms with van der Waals surface area (Å²) in [5, 5.41) is 3.22. The number of hydrogen-bond donors (Lipinski definition) is 2. The van der Waals surface area contributed by atoms with Crippen molar-refractivity contribution in [3.8, 4) is 0 Å². The number of nitrogens with two attached hydrogens (primary N) is 1. The summed E-state index contributed by atoms with van der Waals surface area (Å²) in [6, 6.07) is 3.39. The number of morpholine rings is 1. The van der Waals surface area contributed by atoms with Gasteiger partial charge in [0.25, 0.3) is 5.91 Å². The SMILES string of the molecule is CC(c1c(F)cccc1F)N1CCOC(C(=O)NC2C3CC4CC2CC(C(N)=O)(C4)C3)C1. The lowest BCUT2D eigenvalue weighted by Crippen LogP contribution is -2.63. The molecule has 1 saturated heterocycles. The van der Waals surface area contributed by atoms with Crippen molar-refractivity contribution in [2.24, 2.45) is 28.9 Å². The topological polar surface area (TPSA) is 84.7 Å². The molecule has 0 aromatic heterocycles. The van der Waals surface area contributed by atoms with E-state index in [-0.39, 0.29) is 41.8 Å². The maximum absolute atomic E-state index is 14.3. The van der Waals surface area contributed by atoms with Crippen molar-refractivity contribution in [3.63, 3.8) is 0 Å². The Morgan fingerprint density at radius 2 is 1.84 bits per heavy atom. The van der Waals surface area contributed by atoms with Gasteiger partial charge in [-0.25, -0.2) is 8.78 Å². The van der Waals surface area contributed by atoms with Crippen LogP contribution in [0.4, 0.5) is 8.78 Å². The number of ether oxygens (including phenoxy) is 1. The van der Waals surface area contributed by atoms with Crippen molar-refractivity contribution < 1.29 is 23.1 Å². The van der Waals surface area contributed by atoms with Gasteiger partial charge in [0.1, 0.15) is 17.7 Å². The molecule has 174 valence electrons. The van der Waals surface area contributed by atoms with Crippen molar-refractivity contribution in [2.75, 3.05) is 19.7 Å². The Hall–Kier alpha value is -2.06. The molecule has 6 rings (SSSR count). The number of nitrogens with zero attached hydrogens (tertiary/aromatic N) is 1. The summed E-state index contributed by atoms with van der Waals surface area (Å²) in [6.45, 7) is 2.85. The number of carbonyl (C=O) groups excluding carboxylic acids is 2. The molecule has 5 aliphatic rings. The number of nitrogens with one attached hydrogen (secondary N) is 1. The molecule has 2 amide bonds. The Bertz CT molecular complexity index is 890. The number of carbonyl (C=O) groups is 2. The number of amides is 2. The fourth-order valence-corrected chi connectivity index (χ4v) is 7.09. The first-order valence-corrected chi connectivity index (χ1v) is 11.7. The molecule has 4 unspecified atom stereocenters. The Labute approximate surface area is 186 Å². The predicted molar refractivity (Wildman–Crippen MR) is 113 cm³/mol. The molecule has 1 aromatic carbocycles. The summed E-state index contributed by atoms with van der Waals surface area (Å²) in [6.07, 6.45) is 3.75. The molecule has 4 saturated carbocycles. The second-order valence-corrected chi connectivity index (χ2v) is 10.3. The van der Waals surface area contributed by atoms with Gasteiger partial charge in [-0.05, 0) is 68.9 Å². The van der Waals surface area contributed by atoms with E-state index in [4.69, 9.17) is 10.5 Å². The van der Waals surface area contributed by atoms with E-state index in [9.17, 15) is 18.4 Å². The van der Waals surface area contributed by atoms with Crippen LogP contribution in [0.3, 0.4) is 0 Å². The number of halogens is 2. The molecule has 1 heterocycles. The minimum absolute atomic E-state index is 0.0198. The summed E-state index contributed by atoms with van der Waals surface area (Å²) in [7, 11) is 0. The van der Waals surface area contributed by atoms with Crippen molar-refractivity contribution >= 4 is 11.8 Å². The molecule has 6 nitrogen and oxygen atoms in total. The van der Waals surface area contributed by atoms with E-state index in [1.165, 1.54) is 18.2 Å². The zero-order valence-electron chi connectivity index (χ0n) is 18.4. The smallest absolute Gasteiger partial charge is 0.250 e. The molecule has 1 aliphatic heterocycles. The average Bonchev–Trinajstić information content (AvgIpc) is 2.75. The van der Waals surface area contributed by atoms with Gasteiger partial charge in [0.05, 0.1) is 6.61 Å². The molecule has 0 radical (unpaired) electrons. The lowest BCUT2D eigenvalue weighted by atomic mass is 9.47. The van der Waals surface area contributed by atoms with Crippen molar-refractivity contribution in [1.82, 2.24) is 10.2 Å². The molecule has 32 heavy (non-hydrogen) atoms. The first-order chi connectivity index (χ1) is 15.3. The Morgan fingerprint density at radius 3 is 2.47 bits per heavy atom. The van der Waals surface area contributed by atoms with Gasteiger partial charge >= 0.3 is 0 Å². The third kappa shape index (κ3) is 3.61. The highest BCUT2D eigenvalue weighted by Crippen LogP contribution is 2.59. The van der Waals surface area contributed by atoms with E-state index in [1.807, 2.05) is 4.90 Å². The summed E-state index contributed by atoms with van der Waals surface area (Å²) < 4.78 is 34.3. The molecule has 4 aliphatic carbocycles. The standard InChI is InChI=1S/C24H31F2N3O3/c1-13(20-17(25)3-2-4-18(20)26)29-5-6-32-19(12-29)22(30)28-21-15-7-14-8-16(21)11-24(9-14,10-15)23(27)31/h2-4,13-16,19,21H,5-12H2,1H3,(H2,27,31)(H,28,30). The maximum Gasteiger partial charge on any atom is 0.250 e. The van der Waals surface area contributed by atoms with Gasteiger partial charge in [-0.3, -0.25) is 14.5 Å². The quantitative estimate of drug-likeness (QED) is 0.727. The lowest BCUT2D eigenvalue weighted by molar-refractivity contribution is -0.151. The van der Waals surface area contributed by atoms with E-state index in [0.29, 0.717) is 19.1 Å². The zero-order valence-corrected chi connectivity index (χ0v) is 18.4. The van der Waals surface area contributed by atoms with E-state index < -0.39 is 29.2 Å². The maximum atomic E-state index is 14.3.